The van der Waals surface area contributed by atoms with Crippen LogP contribution in [0.1, 0.15) is 26.7 Å². The van der Waals surface area contributed by atoms with Gasteiger partial charge in [0.25, 0.3) is 0 Å². The van der Waals surface area contributed by atoms with E-state index in [1.54, 1.807) is 11.2 Å². The highest BCUT2D eigenvalue weighted by molar-refractivity contribution is 7.89. The minimum atomic E-state index is -3.09. The molecule has 134 valence electrons. The lowest BCUT2D eigenvalue weighted by Crippen LogP contribution is -2.49. The van der Waals surface area contributed by atoms with E-state index < -0.39 is 10.0 Å². The van der Waals surface area contributed by atoms with Gasteiger partial charge in [0.2, 0.25) is 10.0 Å². The van der Waals surface area contributed by atoms with Gasteiger partial charge in [-0.2, -0.15) is 4.31 Å². The number of piperidine rings is 1. The fraction of sp³-hybridized carbons (Fsp3) is 0.750. The smallest absolute Gasteiger partial charge is 0.213 e. The summed E-state index contributed by atoms with van der Waals surface area (Å²) in [6.07, 6.45) is 2.41. The van der Waals surface area contributed by atoms with Gasteiger partial charge in [0.05, 0.1) is 5.75 Å². The number of rotatable bonds is 4. The van der Waals surface area contributed by atoms with E-state index in [2.05, 4.69) is 26.9 Å². The van der Waals surface area contributed by atoms with Gasteiger partial charge in [0.1, 0.15) is 0 Å². The maximum absolute atomic E-state index is 11.9. The molecule has 0 radical (unpaired) electrons. The van der Waals surface area contributed by atoms with Crippen molar-refractivity contribution in [1.29, 1.82) is 0 Å². The maximum Gasteiger partial charge on any atom is 0.213 e. The Balaban J connectivity index is 1.59. The van der Waals surface area contributed by atoms with Crippen LogP contribution in [-0.2, 0) is 10.0 Å². The van der Waals surface area contributed by atoms with Crippen molar-refractivity contribution in [3.63, 3.8) is 0 Å². The summed E-state index contributed by atoms with van der Waals surface area (Å²) in [4.78, 5) is 4.40. The summed E-state index contributed by atoms with van der Waals surface area (Å²) < 4.78 is 25.4. The van der Waals surface area contributed by atoms with Crippen LogP contribution in [0, 0.1) is 5.92 Å². The van der Waals surface area contributed by atoms with Crippen LogP contribution in [0.3, 0.4) is 0 Å². The van der Waals surface area contributed by atoms with Crippen molar-refractivity contribution >= 4 is 21.7 Å². The number of hydrogen-bond donors (Lipinski definition) is 0. The molecule has 0 amide bonds. The van der Waals surface area contributed by atoms with Gasteiger partial charge in [-0.15, -0.1) is 10.2 Å². The van der Waals surface area contributed by atoms with Gasteiger partial charge in [-0.1, -0.05) is 6.92 Å². The fourth-order valence-electron chi connectivity index (χ4n) is 3.27. The van der Waals surface area contributed by atoms with E-state index >= 15 is 0 Å². The molecular weight excluding hydrogens is 326 g/mol. The van der Waals surface area contributed by atoms with Crippen molar-refractivity contribution in [2.45, 2.75) is 26.7 Å². The molecule has 0 spiro atoms. The second-order valence-electron chi connectivity index (χ2n) is 6.71. The predicted molar refractivity (Wildman–Crippen MR) is 95.9 cm³/mol. The molecule has 8 heteroatoms. The minimum Gasteiger partial charge on any atom is -0.355 e. The molecule has 1 aromatic rings. The van der Waals surface area contributed by atoms with Gasteiger partial charge in [-0.3, -0.25) is 0 Å². The largest absolute Gasteiger partial charge is 0.355 e. The van der Waals surface area contributed by atoms with Crippen molar-refractivity contribution in [3.05, 3.63) is 12.1 Å². The Morgan fingerprint density at radius 2 is 1.46 bits per heavy atom. The van der Waals surface area contributed by atoms with E-state index in [-0.39, 0.29) is 5.75 Å². The van der Waals surface area contributed by atoms with Crippen molar-refractivity contribution in [2.75, 3.05) is 54.8 Å². The third-order valence-electron chi connectivity index (χ3n) is 5.06. The Morgan fingerprint density at radius 3 is 1.92 bits per heavy atom. The van der Waals surface area contributed by atoms with Crippen molar-refractivity contribution < 1.29 is 8.42 Å². The molecule has 0 atom stereocenters. The monoisotopic (exact) mass is 353 g/mol. The van der Waals surface area contributed by atoms with Gasteiger partial charge < -0.3 is 9.80 Å². The van der Waals surface area contributed by atoms with Crippen LogP contribution in [0.15, 0.2) is 12.1 Å². The summed E-state index contributed by atoms with van der Waals surface area (Å²) in [6.45, 7) is 8.43. The summed E-state index contributed by atoms with van der Waals surface area (Å²) in [7, 11) is -3.09. The molecule has 0 bridgehead atoms. The normalized spacial score (nSPS) is 21.2. The summed E-state index contributed by atoms with van der Waals surface area (Å²) in [6, 6.07) is 4.04. The van der Waals surface area contributed by atoms with E-state index in [0.717, 1.165) is 30.6 Å². The first-order chi connectivity index (χ1) is 11.5. The number of piperazine rings is 1. The maximum atomic E-state index is 11.9. The highest BCUT2D eigenvalue weighted by Crippen LogP contribution is 2.22. The molecule has 3 heterocycles. The number of sulfonamides is 1. The lowest BCUT2D eigenvalue weighted by atomic mass is 9.99. The van der Waals surface area contributed by atoms with Crippen LogP contribution in [0.4, 0.5) is 11.6 Å². The molecule has 0 N–H and O–H groups in total. The van der Waals surface area contributed by atoms with Crippen LogP contribution in [0.25, 0.3) is 0 Å². The molecule has 0 aliphatic carbocycles. The predicted octanol–water partition coefficient (Wildman–Crippen LogP) is 1.18. The first-order valence-corrected chi connectivity index (χ1v) is 10.4. The zero-order valence-electron chi connectivity index (χ0n) is 14.6. The SMILES string of the molecule is CCS(=O)(=O)N1CCN(c2ccc(N3CCC(C)CC3)nn2)CC1. The fourth-order valence-corrected chi connectivity index (χ4v) is 4.36. The zero-order valence-corrected chi connectivity index (χ0v) is 15.4. The van der Waals surface area contributed by atoms with Crippen LogP contribution in [0.5, 0.6) is 0 Å². The Kier molecular flexibility index (Phi) is 5.24. The van der Waals surface area contributed by atoms with Crippen molar-refractivity contribution in [2.24, 2.45) is 5.92 Å². The summed E-state index contributed by atoms with van der Waals surface area (Å²) >= 11 is 0. The number of aromatic nitrogens is 2. The molecule has 0 saturated carbocycles. The molecule has 0 unspecified atom stereocenters. The highest BCUT2D eigenvalue weighted by Gasteiger charge is 2.26. The van der Waals surface area contributed by atoms with Gasteiger partial charge in [-0.05, 0) is 37.8 Å². The number of hydrogen-bond acceptors (Lipinski definition) is 6. The summed E-state index contributed by atoms with van der Waals surface area (Å²) in [5.74, 6) is 2.73. The molecule has 3 rings (SSSR count). The van der Waals surface area contributed by atoms with Crippen molar-refractivity contribution in [3.8, 4) is 0 Å². The molecule has 1 aromatic heterocycles. The van der Waals surface area contributed by atoms with E-state index in [1.165, 1.54) is 12.8 Å². The minimum absolute atomic E-state index is 0.163. The second kappa shape index (κ2) is 7.23. The highest BCUT2D eigenvalue weighted by atomic mass is 32.2. The molecule has 24 heavy (non-hydrogen) atoms. The Morgan fingerprint density at radius 1 is 0.958 bits per heavy atom. The molecule has 2 fully saturated rings. The first kappa shape index (κ1) is 17.4. The van der Waals surface area contributed by atoms with Crippen LogP contribution < -0.4 is 9.80 Å². The lowest BCUT2D eigenvalue weighted by molar-refractivity contribution is 0.384. The first-order valence-electron chi connectivity index (χ1n) is 8.81. The second-order valence-corrected chi connectivity index (χ2v) is 8.96. The van der Waals surface area contributed by atoms with E-state index in [0.29, 0.717) is 26.2 Å². The summed E-state index contributed by atoms with van der Waals surface area (Å²) in [5, 5.41) is 8.76. The van der Waals surface area contributed by atoms with E-state index in [9.17, 15) is 8.42 Å². The van der Waals surface area contributed by atoms with Gasteiger partial charge in [-0.25, -0.2) is 8.42 Å². The van der Waals surface area contributed by atoms with Gasteiger partial charge >= 0.3 is 0 Å². The zero-order chi connectivity index (χ0) is 17.2. The average Bonchev–Trinajstić information content (AvgIpc) is 2.63. The standard InChI is InChI=1S/C16H27N5O2S/c1-3-24(22,23)21-12-10-20(11-13-21)16-5-4-15(17-18-16)19-8-6-14(2)7-9-19/h4-5,14H,3,6-13H2,1-2H3. The quantitative estimate of drug-likeness (QED) is 0.810. The third kappa shape index (κ3) is 3.80. The van der Waals surface area contributed by atoms with Crippen molar-refractivity contribution in [1.82, 2.24) is 14.5 Å². The molecular formula is C16H27N5O2S. The third-order valence-corrected chi connectivity index (χ3v) is 6.95. The Labute approximate surface area is 144 Å². The lowest BCUT2D eigenvalue weighted by Gasteiger charge is -2.34. The van der Waals surface area contributed by atoms with Crippen LogP contribution in [-0.4, -0.2) is 67.9 Å². The van der Waals surface area contributed by atoms with E-state index in [1.807, 2.05) is 12.1 Å². The van der Waals surface area contributed by atoms with Crippen LogP contribution in [0.2, 0.25) is 0 Å². The van der Waals surface area contributed by atoms with E-state index in [4.69, 9.17) is 0 Å². The average molecular weight is 353 g/mol. The molecule has 2 aliphatic heterocycles. The van der Waals surface area contributed by atoms with Gasteiger partial charge in [0, 0.05) is 39.3 Å². The molecule has 2 aliphatic rings. The summed E-state index contributed by atoms with van der Waals surface area (Å²) in [5.41, 5.74) is 0. The number of nitrogens with zero attached hydrogens (tertiary/aromatic N) is 5. The van der Waals surface area contributed by atoms with Gasteiger partial charge in [0.15, 0.2) is 11.6 Å². The Bertz CT molecular complexity index is 633. The molecule has 7 nitrogen and oxygen atoms in total. The Hall–Kier alpha value is -1.41. The number of anilines is 2. The van der Waals surface area contributed by atoms with Crippen LogP contribution >= 0.6 is 0 Å². The molecule has 0 aromatic carbocycles. The molecule has 2 saturated heterocycles. The topological polar surface area (TPSA) is 69.6 Å².